The Morgan fingerprint density at radius 2 is 2.10 bits per heavy atom. The summed E-state index contributed by atoms with van der Waals surface area (Å²) >= 11 is 0. The lowest BCUT2D eigenvalue weighted by Crippen LogP contribution is -2.16. The standard InChI is InChI=1S/C15H21F3N2O/c1-2-3-13-8-11(10-19-12-4-5-12)9-14(20-13)21-7-6-15(16,17)18/h8-9,12,19H,2-7,10H2,1H3. The number of alkyl halides is 3. The quantitative estimate of drug-likeness (QED) is 0.796. The molecule has 1 heterocycles. The Balaban J connectivity index is 1.96. The molecule has 6 heteroatoms. The Morgan fingerprint density at radius 3 is 2.71 bits per heavy atom. The summed E-state index contributed by atoms with van der Waals surface area (Å²) < 4.78 is 41.6. The second-order valence-electron chi connectivity index (χ2n) is 5.42. The molecule has 0 atom stereocenters. The third kappa shape index (κ3) is 6.33. The Morgan fingerprint density at radius 1 is 1.33 bits per heavy atom. The van der Waals surface area contributed by atoms with Crippen LogP contribution in [0.4, 0.5) is 13.2 Å². The molecule has 0 aliphatic heterocycles. The van der Waals surface area contributed by atoms with Gasteiger partial charge in [0.05, 0.1) is 13.0 Å². The second-order valence-corrected chi connectivity index (χ2v) is 5.42. The predicted molar refractivity (Wildman–Crippen MR) is 74.3 cm³/mol. The number of nitrogens with one attached hydrogen (secondary N) is 1. The van der Waals surface area contributed by atoms with Crippen LogP contribution >= 0.6 is 0 Å². The average Bonchev–Trinajstić information content (AvgIpc) is 3.19. The lowest BCUT2D eigenvalue weighted by molar-refractivity contribution is -0.139. The van der Waals surface area contributed by atoms with Crippen molar-refractivity contribution in [3.63, 3.8) is 0 Å². The summed E-state index contributed by atoms with van der Waals surface area (Å²) in [4.78, 5) is 4.27. The number of aryl methyl sites for hydroxylation is 1. The van der Waals surface area contributed by atoms with E-state index in [1.807, 2.05) is 13.0 Å². The summed E-state index contributed by atoms with van der Waals surface area (Å²) in [5.41, 5.74) is 1.89. The van der Waals surface area contributed by atoms with E-state index >= 15 is 0 Å². The highest BCUT2D eigenvalue weighted by Crippen LogP contribution is 2.22. The smallest absolute Gasteiger partial charge is 0.392 e. The summed E-state index contributed by atoms with van der Waals surface area (Å²) in [7, 11) is 0. The van der Waals surface area contributed by atoms with Crippen molar-refractivity contribution in [2.24, 2.45) is 0 Å². The highest BCUT2D eigenvalue weighted by Gasteiger charge is 2.27. The maximum absolute atomic E-state index is 12.1. The zero-order chi connectivity index (χ0) is 15.3. The van der Waals surface area contributed by atoms with Gasteiger partial charge in [-0.3, -0.25) is 0 Å². The number of aromatic nitrogens is 1. The van der Waals surface area contributed by atoms with Gasteiger partial charge in [-0.05, 0) is 30.9 Å². The molecule has 0 unspecified atom stereocenters. The Bertz CT molecular complexity index is 459. The van der Waals surface area contributed by atoms with Gasteiger partial charge in [-0.1, -0.05) is 13.3 Å². The molecule has 2 rings (SSSR count). The minimum atomic E-state index is -4.20. The molecule has 1 aromatic rings. The van der Waals surface area contributed by atoms with E-state index in [0.717, 1.165) is 24.1 Å². The molecule has 3 nitrogen and oxygen atoms in total. The van der Waals surface area contributed by atoms with E-state index in [-0.39, 0.29) is 12.5 Å². The van der Waals surface area contributed by atoms with Gasteiger partial charge in [0.15, 0.2) is 0 Å². The van der Waals surface area contributed by atoms with Crippen LogP contribution in [0.2, 0.25) is 0 Å². The Kier molecular flexibility index (Phi) is 5.45. The van der Waals surface area contributed by atoms with E-state index in [1.54, 1.807) is 6.07 Å². The maximum atomic E-state index is 12.1. The summed E-state index contributed by atoms with van der Waals surface area (Å²) in [5.74, 6) is 0.290. The van der Waals surface area contributed by atoms with Gasteiger partial charge in [0, 0.05) is 24.3 Å². The van der Waals surface area contributed by atoms with Gasteiger partial charge in [0.2, 0.25) is 5.88 Å². The first kappa shape index (κ1) is 16.1. The molecule has 21 heavy (non-hydrogen) atoms. The molecular formula is C15H21F3N2O. The van der Waals surface area contributed by atoms with Crippen LogP contribution in [-0.2, 0) is 13.0 Å². The minimum absolute atomic E-state index is 0.290. The minimum Gasteiger partial charge on any atom is -0.477 e. The predicted octanol–water partition coefficient (Wildman–Crippen LogP) is 3.62. The van der Waals surface area contributed by atoms with Crippen molar-refractivity contribution in [2.45, 2.75) is 57.8 Å². The first-order valence-electron chi connectivity index (χ1n) is 7.39. The van der Waals surface area contributed by atoms with Crippen LogP contribution < -0.4 is 10.1 Å². The lowest BCUT2D eigenvalue weighted by atomic mass is 10.1. The van der Waals surface area contributed by atoms with E-state index < -0.39 is 12.6 Å². The van der Waals surface area contributed by atoms with Gasteiger partial charge >= 0.3 is 6.18 Å². The number of pyridine rings is 1. The van der Waals surface area contributed by atoms with Gasteiger partial charge in [-0.25, -0.2) is 4.98 Å². The van der Waals surface area contributed by atoms with Gasteiger partial charge in [-0.15, -0.1) is 0 Å². The van der Waals surface area contributed by atoms with Crippen LogP contribution in [0.25, 0.3) is 0 Å². The molecule has 0 aromatic carbocycles. The lowest BCUT2D eigenvalue weighted by Gasteiger charge is -2.11. The van der Waals surface area contributed by atoms with Crippen molar-refractivity contribution in [2.75, 3.05) is 6.61 Å². The molecule has 1 fully saturated rings. The first-order chi connectivity index (χ1) is 9.96. The molecule has 1 aromatic heterocycles. The second kappa shape index (κ2) is 7.11. The molecule has 0 saturated heterocycles. The van der Waals surface area contributed by atoms with Crippen molar-refractivity contribution >= 4 is 0 Å². The number of ether oxygens (including phenoxy) is 1. The van der Waals surface area contributed by atoms with Crippen LogP contribution in [0.5, 0.6) is 5.88 Å². The monoisotopic (exact) mass is 302 g/mol. The van der Waals surface area contributed by atoms with Crippen molar-refractivity contribution in [3.8, 4) is 5.88 Å². The van der Waals surface area contributed by atoms with Crippen LogP contribution in [0.3, 0.4) is 0 Å². The number of nitrogens with zero attached hydrogens (tertiary/aromatic N) is 1. The fourth-order valence-corrected chi connectivity index (χ4v) is 2.00. The Hall–Kier alpha value is -1.30. The summed E-state index contributed by atoms with van der Waals surface area (Å²) in [6.45, 7) is 2.36. The van der Waals surface area contributed by atoms with E-state index in [9.17, 15) is 13.2 Å². The number of halogens is 3. The van der Waals surface area contributed by atoms with Crippen molar-refractivity contribution in [3.05, 3.63) is 23.4 Å². The van der Waals surface area contributed by atoms with Crippen LogP contribution in [-0.4, -0.2) is 23.8 Å². The summed E-state index contributed by atoms with van der Waals surface area (Å²) in [5, 5.41) is 3.39. The first-order valence-corrected chi connectivity index (χ1v) is 7.39. The summed E-state index contributed by atoms with van der Waals surface area (Å²) in [6, 6.07) is 4.31. The van der Waals surface area contributed by atoms with E-state index in [0.29, 0.717) is 12.6 Å². The van der Waals surface area contributed by atoms with E-state index in [4.69, 9.17) is 4.74 Å². The van der Waals surface area contributed by atoms with E-state index in [2.05, 4.69) is 10.3 Å². The zero-order valence-electron chi connectivity index (χ0n) is 12.2. The largest absolute Gasteiger partial charge is 0.477 e. The molecule has 0 spiro atoms. The van der Waals surface area contributed by atoms with Gasteiger partial charge in [0.25, 0.3) is 0 Å². The number of rotatable bonds is 8. The van der Waals surface area contributed by atoms with Crippen LogP contribution in [0.1, 0.15) is 43.9 Å². The fourth-order valence-electron chi connectivity index (χ4n) is 2.00. The van der Waals surface area contributed by atoms with Crippen molar-refractivity contribution in [1.82, 2.24) is 10.3 Å². The van der Waals surface area contributed by atoms with Crippen molar-refractivity contribution in [1.29, 1.82) is 0 Å². The molecule has 1 aliphatic rings. The highest BCUT2D eigenvalue weighted by atomic mass is 19.4. The molecule has 0 radical (unpaired) electrons. The molecule has 1 aliphatic carbocycles. The zero-order valence-corrected chi connectivity index (χ0v) is 12.2. The van der Waals surface area contributed by atoms with Gasteiger partial charge < -0.3 is 10.1 Å². The van der Waals surface area contributed by atoms with Crippen LogP contribution in [0.15, 0.2) is 12.1 Å². The molecule has 0 amide bonds. The molecule has 0 bridgehead atoms. The van der Waals surface area contributed by atoms with Crippen molar-refractivity contribution < 1.29 is 17.9 Å². The SMILES string of the molecule is CCCc1cc(CNC2CC2)cc(OCCC(F)(F)F)n1. The topological polar surface area (TPSA) is 34.1 Å². The molecular weight excluding hydrogens is 281 g/mol. The van der Waals surface area contributed by atoms with Crippen LogP contribution in [0, 0.1) is 0 Å². The van der Waals surface area contributed by atoms with Gasteiger partial charge in [-0.2, -0.15) is 13.2 Å². The average molecular weight is 302 g/mol. The normalized spacial score (nSPS) is 15.2. The molecule has 118 valence electrons. The Labute approximate surface area is 122 Å². The maximum Gasteiger partial charge on any atom is 0.392 e. The third-order valence-electron chi connectivity index (χ3n) is 3.23. The molecule has 1 N–H and O–H groups in total. The number of hydrogen-bond acceptors (Lipinski definition) is 3. The number of hydrogen-bond donors (Lipinski definition) is 1. The molecule has 1 saturated carbocycles. The highest BCUT2D eigenvalue weighted by molar-refractivity contribution is 5.25. The fraction of sp³-hybridized carbons (Fsp3) is 0.667. The summed E-state index contributed by atoms with van der Waals surface area (Å²) in [6.07, 6.45) is -1.02. The van der Waals surface area contributed by atoms with Gasteiger partial charge in [0.1, 0.15) is 0 Å². The third-order valence-corrected chi connectivity index (χ3v) is 3.23. The van der Waals surface area contributed by atoms with E-state index in [1.165, 1.54) is 12.8 Å².